The molecule has 0 bridgehead atoms. The van der Waals surface area contributed by atoms with E-state index in [1.165, 1.54) is 12.1 Å². The molecule has 2 aliphatic rings. The molecule has 0 amide bonds. The number of rotatable bonds is 4. The molecule has 5 rings (SSSR count). The van der Waals surface area contributed by atoms with Gasteiger partial charge in [0, 0.05) is 40.0 Å². The molecule has 1 aromatic heterocycles. The standard InChI is InChI=1S/C23H23Cl2FN4O/c24-13-8-17-16(19(25)9-13)11-21(30-7-1-2-15(27)12-30)23(17)31-22-4-3-14(26)10-18(22)20-5-6-28-29-20/h3-6,8-10,15,21,23H,1-2,7,11-12,27H2,(H,28,29)/t15-,21?,23?/m1/s1. The summed E-state index contributed by atoms with van der Waals surface area (Å²) in [6, 6.07) is 10.2. The number of fused-ring (bicyclic) bond motifs is 1. The summed E-state index contributed by atoms with van der Waals surface area (Å²) in [5, 5.41) is 8.21. The first-order chi connectivity index (χ1) is 15.0. The first-order valence-corrected chi connectivity index (χ1v) is 11.2. The largest absolute Gasteiger partial charge is 0.483 e. The summed E-state index contributed by atoms with van der Waals surface area (Å²) in [5.74, 6) is 0.218. The van der Waals surface area contributed by atoms with Crippen LogP contribution in [0.3, 0.4) is 0 Å². The first kappa shape index (κ1) is 20.8. The summed E-state index contributed by atoms with van der Waals surface area (Å²) in [5.41, 5.74) is 9.50. The fourth-order valence-corrected chi connectivity index (χ4v) is 5.36. The monoisotopic (exact) mass is 460 g/mol. The molecular formula is C23H23Cl2FN4O. The van der Waals surface area contributed by atoms with E-state index in [-0.39, 0.29) is 24.0 Å². The van der Waals surface area contributed by atoms with E-state index in [0.717, 1.165) is 43.5 Å². The van der Waals surface area contributed by atoms with Crippen LogP contribution in [-0.4, -0.2) is 40.3 Å². The molecule has 162 valence electrons. The zero-order chi connectivity index (χ0) is 21.5. The lowest BCUT2D eigenvalue weighted by atomic mass is 10.0. The van der Waals surface area contributed by atoms with E-state index in [2.05, 4.69) is 15.1 Å². The summed E-state index contributed by atoms with van der Waals surface area (Å²) < 4.78 is 20.7. The Labute approximate surface area is 190 Å². The van der Waals surface area contributed by atoms with Gasteiger partial charge >= 0.3 is 0 Å². The minimum absolute atomic E-state index is 0.0643. The molecule has 2 heterocycles. The zero-order valence-electron chi connectivity index (χ0n) is 16.8. The van der Waals surface area contributed by atoms with Gasteiger partial charge < -0.3 is 10.5 Å². The summed E-state index contributed by atoms with van der Waals surface area (Å²) in [4.78, 5) is 2.39. The molecule has 1 fully saturated rings. The maximum absolute atomic E-state index is 14.1. The minimum Gasteiger partial charge on any atom is -0.483 e. The topological polar surface area (TPSA) is 67.2 Å². The maximum atomic E-state index is 14.1. The van der Waals surface area contributed by atoms with Crippen molar-refractivity contribution in [3.8, 4) is 17.0 Å². The van der Waals surface area contributed by atoms with Gasteiger partial charge in [-0.3, -0.25) is 10.00 Å². The van der Waals surface area contributed by atoms with E-state index >= 15 is 0 Å². The second-order valence-electron chi connectivity index (χ2n) is 8.26. The van der Waals surface area contributed by atoms with Gasteiger partial charge in [-0.15, -0.1) is 0 Å². The van der Waals surface area contributed by atoms with E-state index < -0.39 is 0 Å². The number of piperidine rings is 1. The summed E-state index contributed by atoms with van der Waals surface area (Å²) in [6.45, 7) is 1.76. The fraction of sp³-hybridized carbons (Fsp3) is 0.348. The van der Waals surface area contributed by atoms with Gasteiger partial charge in [-0.1, -0.05) is 23.2 Å². The number of ether oxygens (including phenoxy) is 1. The number of likely N-dealkylation sites (tertiary alicyclic amines) is 1. The number of nitrogens with two attached hydrogens (primary N) is 1. The summed E-state index contributed by atoms with van der Waals surface area (Å²) >= 11 is 12.9. The lowest BCUT2D eigenvalue weighted by molar-refractivity contribution is 0.0596. The molecule has 3 aromatic rings. The van der Waals surface area contributed by atoms with Gasteiger partial charge in [0.2, 0.25) is 0 Å². The van der Waals surface area contributed by atoms with Crippen LogP contribution in [0.15, 0.2) is 42.6 Å². The molecule has 3 atom stereocenters. The third kappa shape index (κ3) is 4.05. The van der Waals surface area contributed by atoms with Gasteiger partial charge in [-0.2, -0.15) is 5.10 Å². The summed E-state index contributed by atoms with van der Waals surface area (Å²) in [7, 11) is 0. The molecule has 8 heteroatoms. The number of halogens is 3. The predicted molar refractivity (Wildman–Crippen MR) is 120 cm³/mol. The van der Waals surface area contributed by atoms with Crippen molar-refractivity contribution in [3.05, 3.63) is 69.6 Å². The average molecular weight is 461 g/mol. The fourth-order valence-electron chi connectivity index (χ4n) is 4.77. The molecule has 5 nitrogen and oxygen atoms in total. The Kier molecular flexibility index (Phi) is 5.65. The van der Waals surface area contributed by atoms with Crippen LogP contribution in [0, 0.1) is 5.82 Å². The smallest absolute Gasteiger partial charge is 0.140 e. The Hall–Kier alpha value is -2.12. The van der Waals surface area contributed by atoms with E-state index in [4.69, 9.17) is 33.7 Å². The molecular weight excluding hydrogens is 438 g/mol. The van der Waals surface area contributed by atoms with Crippen molar-refractivity contribution in [1.29, 1.82) is 0 Å². The Morgan fingerprint density at radius 1 is 1.19 bits per heavy atom. The lowest BCUT2D eigenvalue weighted by Crippen LogP contribution is -2.49. The number of aromatic nitrogens is 2. The van der Waals surface area contributed by atoms with Crippen LogP contribution in [-0.2, 0) is 6.42 Å². The van der Waals surface area contributed by atoms with Crippen molar-refractivity contribution in [2.24, 2.45) is 5.73 Å². The molecule has 1 saturated heterocycles. The van der Waals surface area contributed by atoms with E-state index in [1.807, 2.05) is 6.07 Å². The number of hydrogen-bond donors (Lipinski definition) is 2. The zero-order valence-corrected chi connectivity index (χ0v) is 18.3. The maximum Gasteiger partial charge on any atom is 0.140 e. The number of H-pyrrole nitrogens is 1. The highest BCUT2D eigenvalue weighted by atomic mass is 35.5. The van der Waals surface area contributed by atoms with Gasteiger partial charge in [-0.05, 0) is 67.8 Å². The van der Waals surface area contributed by atoms with Crippen LogP contribution >= 0.6 is 23.2 Å². The van der Waals surface area contributed by atoms with Crippen LogP contribution in [0.25, 0.3) is 11.3 Å². The van der Waals surface area contributed by atoms with Crippen LogP contribution in [0.2, 0.25) is 10.0 Å². The molecule has 0 radical (unpaired) electrons. The second-order valence-corrected chi connectivity index (χ2v) is 9.11. The van der Waals surface area contributed by atoms with Crippen molar-refractivity contribution >= 4 is 23.2 Å². The van der Waals surface area contributed by atoms with Gasteiger partial charge in [0.25, 0.3) is 0 Å². The highest BCUT2D eigenvalue weighted by molar-refractivity contribution is 6.35. The first-order valence-electron chi connectivity index (χ1n) is 10.4. The number of benzene rings is 2. The van der Waals surface area contributed by atoms with Crippen LogP contribution < -0.4 is 10.5 Å². The van der Waals surface area contributed by atoms with Crippen molar-refractivity contribution in [2.75, 3.05) is 13.1 Å². The second kappa shape index (κ2) is 8.43. The number of aromatic amines is 1. The number of hydrogen-bond acceptors (Lipinski definition) is 4. The molecule has 0 saturated carbocycles. The molecule has 2 aromatic carbocycles. The molecule has 3 N–H and O–H groups in total. The normalized spacial score (nSPS) is 23.7. The van der Waals surface area contributed by atoms with Gasteiger partial charge in [0.05, 0.1) is 11.7 Å². The third-order valence-corrected chi connectivity index (χ3v) is 6.75. The van der Waals surface area contributed by atoms with Crippen LogP contribution in [0.5, 0.6) is 5.75 Å². The third-order valence-electron chi connectivity index (χ3n) is 6.19. The number of nitrogens with zero attached hydrogens (tertiary/aromatic N) is 2. The van der Waals surface area contributed by atoms with Crippen molar-refractivity contribution in [3.63, 3.8) is 0 Å². The minimum atomic E-state index is -0.346. The predicted octanol–water partition coefficient (Wildman–Crippen LogP) is 4.99. The lowest BCUT2D eigenvalue weighted by Gasteiger charge is -2.38. The van der Waals surface area contributed by atoms with E-state index in [1.54, 1.807) is 24.4 Å². The Morgan fingerprint density at radius 2 is 2.06 bits per heavy atom. The number of nitrogens with one attached hydrogen (secondary N) is 1. The van der Waals surface area contributed by atoms with Crippen LogP contribution in [0.4, 0.5) is 4.39 Å². The van der Waals surface area contributed by atoms with E-state index in [0.29, 0.717) is 27.1 Å². The van der Waals surface area contributed by atoms with Gasteiger partial charge in [0.1, 0.15) is 17.7 Å². The van der Waals surface area contributed by atoms with Crippen molar-refractivity contribution in [1.82, 2.24) is 15.1 Å². The van der Waals surface area contributed by atoms with Crippen molar-refractivity contribution < 1.29 is 9.13 Å². The highest BCUT2D eigenvalue weighted by Crippen LogP contribution is 2.44. The SMILES string of the molecule is N[C@@H]1CCCN(C2Cc3c(Cl)cc(Cl)cc3C2Oc2ccc(F)cc2-c2cc[nH]n2)C1. The van der Waals surface area contributed by atoms with Gasteiger partial charge in [-0.25, -0.2) is 4.39 Å². The molecule has 31 heavy (non-hydrogen) atoms. The van der Waals surface area contributed by atoms with Crippen molar-refractivity contribution in [2.45, 2.75) is 37.5 Å². The quantitative estimate of drug-likeness (QED) is 0.575. The molecule has 1 aliphatic carbocycles. The average Bonchev–Trinajstić information content (AvgIpc) is 3.38. The summed E-state index contributed by atoms with van der Waals surface area (Å²) in [6.07, 6.45) is 4.22. The van der Waals surface area contributed by atoms with Gasteiger partial charge in [0.15, 0.2) is 0 Å². The molecule has 2 unspecified atom stereocenters. The van der Waals surface area contributed by atoms with E-state index in [9.17, 15) is 4.39 Å². The Morgan fingerprint density at radius 3 is 2.84 bits per heavy atom. The molecule has 0 spiro atoms. The highest BCUT2D eigenvalue weighted by Gasteiger charge is 2.41. The Bertz CT molecular complexity index is 1090. The van der Waals surface area contributed by atoms with Crippen LogP contribution in [0.1, 0.15) is 30.1 Å². The molecule has 1 aliphatic heterocycles. The Balaban J connectivity index is 1.56.